The van der Waals surface area contributed by atoms with Gasteiger partial charge in [0, 0.05) is 26.3 Å². The second-order valence-corrected chi connectivity index (χ2v) is 3.28. The minimum atomic E-state index is -0.126. The van der Waals surface area contributed by atoms with Gasteiger partial charge in [-0.1, -0.05) is 0 Å². The van der Waals surface area contributed by atoms with E-state index in [2.05, 4.69) is 4.98 Å². The fourth-order valence-corrected chi connectivity index (χ4v) is 1.43. The summed E-state index contributed by atoms with van der Waals surface area (Å²) in [5.74, 6) is 0. The number of ether oxygens (including phenoxy) is 1. The number of hydrogen-bond acceptors (Lipinski definition) is 4. The van der Waals surface area contributed by atoms with Gasteiger partial charge in [0.1, 0.15) is 6.10 Å². The normalized spacial score (nSPS) is 13.0. The van der Waals surface area contributed by atoms with E-state index in [4.69, 9.17) is 15.6 Å². The third-order valence-corrected chi connectivity index (χ3v) is 2.25. The van der Waals surface area contributed by atoms with Crippen molar-refractivity contribution in [3.8, 4) is 0 Å². The summed E-state index contributed by atoms with van der Waals surface area (Å²) in [5.41, 5.74) is 6.64. The Balaban J connectivity index is 2.57. The predicted octanol–water partition coefficient (Wildman–Crippen LogP) is 0.302. The van der Waals surface area contributed by atoms with Gasteiger partial charge in [-0.25, -0.2) is 4.98 Å². The predicted molar refractivity (Wildman–Crippen MR) is 57.4 cm³/mol. The molecule has 0 aliphatic rings. The lowest BCUT2D eigenvalue weighted by Crippen LogP contribution is -2.19. The first-order chi connectivity index (χ1) is 7.33. The van der Waals surface area contributed by atoms with Gasteiger partial charge in [0.2, 0.25) is 0 Å². The Hall–Kier alpha value is -0.910. The summed E-state index contributed by atoms with van der Waals surface area (Å²) in [5, 5.41) is 8.65. The molecule has 0 amide bonds. The standard InChI is InChI=1S/C10H19N3O2/c1-2-13-8-12-7-9(13)10(6-11)15-5-3-4-14/h7-8,10,14H,2-6,11H2,1H3. The molecule has 0 radical (unpaired) electrons. The minimum absolute atomic E-state index is 0.126. The Bertz CT molecular complexity index is 275. The van der Waals surface area contributed by atoms with Crippen LogP contribution < -0.4 is 5.73 Å². The third-order valence-electron chi connectivity index (χ3n) is 2.25. The molecule has 5 heteroatoms. The van der Waals surface area contributed by atoms with Crippen molar-refractivity contribution in [3.05, 3.63) is 18.2 Å². The molecule has 0 spiro atoms. The number of aliphatic hydroxyl groups is 1. The molecule has 1 aromatic heterocycles. The molecule has 3 N–H and O–H groups in total. The van der Waals surface area contributed by atoms with Gasteiger partial charge in [-0.3, -0.25) is 0 Å². The van der Waals surface area contributed by atoms with Crippen LogP contribution in [0, 0.1) is 0 Å². The quantitative estimate of drug-likeness (QED) is 0.639. The maximum Gasteiger partial charge on any atom is 0.111 e. The Kier molecular flexibility index (Phi) is 5.31. The van der Waals surface area contributed by atoms with E-state index in [1.807, 2.05) is 11.5 Å². The number of nitrogens with two attached hydrogens (primary N) is 1. The summed E-state index contributed by atoms with van der Waals surface area (Å²) in [6.45, 7) is 4.00. The molecule has 0 bridgehead atoms. The van der Waals surface area contributed by atoms with E-state index in [1.165, 1.54) is 0 Å². The van der Waals surface area contributed by atoms with Crippen molar-refractivity contribution in [3.63, 3.8) is 0 Å². The molecule has 1 heterocycles. The zero-order valence-electron chi connectivity index (χ0n) is 9.09. The molecule has 0 aliphatic carbocycles. The van der Waals surface area contributed by atoms with Gasteiger partial charge in [-0.15, -0.1) is 0 Å². The third kappa shape index (κ3) is 3.30. The fourth-order valence-electron chi connectivity index (χ4n) is 1.43. The van der Waals surface area contributed by atoms with Crippen LogP contribution in [0.25, 0.3) is 0 Å². The van der Waals surface area contributed by atoms with Crippen molar-refractivity contribution in [2.24, 2.45) is 5.73 Å². The highest BCUT2D eigenvalue weighted by Gasteiger charge is 2.13. The van der Waals surface area contributed by atoms with Crippen molar-refractivity contribution in [1.29, 1.82) is 0 Å². The summed E-state index contributed by atoms with van der Waals surface area (Å²) in [7, 11) is 0. The van der Waals surface area contributed by atoms with Gasteiger partial charge in [-0.2, -0.15) is 0 Å². The van der Waals surface area contributed by atoms with E-state index in [-0.39, 0.29) is 12.7 Å². The molecule has 1 rings (SSSR count). The molecule has 0 aliphatic heterocycles. The topological polar surface area (TPSA) is 73.3 Å². The monoisotopic (exact) mass is 213 g/mol. The maximum absolute atomic E-state index is 8.65. The molecule has 1 unspecified atom stereocenters. The van der Waals surface area contributed by atoms with Gasteiger partial charge in [0.25, 0.3) is 0 Å². The zero-order valence-corrected chi connectivity index (χ0v) is 9.09. The van der Waals surface area contributed by atoms with Gasteiger partial charge < -0.3 is 20.1 Å². The van der Waals surface area contributed by atoms with Crippen molar-refractivity contribution in [2.45, 2.75) is 26.0 Å². The second kappa shape index (κ2) is 6.55. The molecule has 5 nitrogen and oxygen atoms in total. The maximum atomic E-state index is 8.65. The van der Waals surface area contributed by atoms with Crippen molar-refractivity contribution in [2.75, 3.05) is 19.8 Å². The summed E-state index contributed by atoms with van der Waals surface area (Å²) in [6.07, 6.45) is 4.06. The van der Waals surface area contributed by atoms with Crippen LogP contribution in [0.2, 0.25) is 0 Å². The minimum Gasteiger partial charge on any atom is -0.396 e. The van der Waals surface area contributed by atoms with Crippen LogP contribution in [-0.4, -0.2) is 34.4 Å². The molecule has 0 saturated heterocycles. The molecule has 1 atom stereocenters. The van der Waals surface area contributed by atoms with Gasteiger partial charge in [0.15, 0.2) is 0 Å². The average molecular weight is 213 g/mol. The highest BCUT2D eigenvalue weighted by Crippen LogP contribution is 2.15. The number of hydrogen-bond donors (Lipinski definition) is 2. The SMILES string of the molecule is CCn1cncc1C(CN)OCCCO. The highest BCUT2D eigenvalue weighted by molar-refractivity contribution is 5.03. The number of rotatable bonds is 7. The lowest BCUT2D eigenvalue weighted by molar-refractivity contribution is 0.0441. The molecule has 0 aromatic carbocycles. The van der Waals surface area contributed by atoms with Crippen molar-refractivity contribution >= 4 is 0 Å². The van der Waals surface area contributed by atoms with E-state index >= 15 is 0 Å². The van der Waals surface area contributed by atoms with E-state index in [9.17, 15) is 0 Å². The van der Waals surface area contributed by atoms with Crippen LogP contribution in [0.4, 0.5) is 0 Å². The molecule has 15 heavy (non-hydrogen) atoms. The first-order valence-electron chi connectivity index (χ1n) is 5.26. The van der Waals surface area contributed by atoms with Gasteiger partial charge in [-0.05, 0) is 13.3 Å². The number of imidazole rings is 1. The van der Waals surface area contributed by atoms with E-state index in [0.29, 0.717) is 19.6 Å². The average Bonchev–Trinajstić information content (AvgIpc) is 2.72. The van der Waals surface area contributed by atoms with E-state index in [0.717, 1.165) is 12.2 Å². The fraction of sp³-hybridized carbons (Fsp3) is 0.700. The van der Waals surface area contributed by atoms with E-state index < -0.39 is 0 Å². The summed E-state index contributed by atoms with van der Waals surface area (Å²) in [6, 6.07) is 0. The molecular formula is C10H19N3O2. The molecule has 0 fully saturated rings. The smallest absolute Gasteiger partial charge is 0.111 e. The zero-order chi connectivity index (χ0) is 11.1. The van der Waals surface area contributed by atoms with Crippen LogP contribution >= 0.6 is 0 Å². The summed E-state index contributed by atoms with van der Waals surface area (Å²) in [4.78, 5) is 4.07. The van der Waals surface area contributed by atoms with Crippen LogP contribution in [0.5, 0.6) is 0 Å². The molecule has 0 saturated carbocycles. The Morgan fingerprint density at radius 3 is 3.07 bits per heavy atom. The van der Waals surface area contributed by atoms with Crippen LogP contribution in [0.1, 0.15) is 25.1 Å². The molecular weight excluding hydrogens is 194 g/mol. The number of aromatic nitrogens is 2. The largest absolute Gasteiger partial charge is 0.396 e. The number of aryl methyl sites for hydroxylation is 1. The Morgan fingerprint density at radius 1 is 1.67 bits per heavy atom. The number of nitrogens with zero attached hydrogens (tertiary/aromatic N) is 2. The molecule has 86 valence electrons. The summed E-state index contributed by atoms with van der Waals surface area (Å²) < 4.78 is 7.58. The summed E-state index contributed by atoms with van der Waals surface area (Å²) >= 11 is 0. The lowest BCUT2D eigenvalue weighted by atomic mass is 10.2. The highest BCUT2D eigenvalue weighted by atomic mass is 16.5. The number of aliphatic hydroxyl groups excluding tert-OH is 1. The van der Waals surface area contributed by atoms with Crippen molar-refractivity contribution in [1.82, 2.24) is 9.55 Å². The first-order valence-corrected chi connectivity index (χ1v) is 5.26. The Morgan fingerprint density at radius 2 is 2.47 bits per heavy atom. The van der Waals surface area contributed by atoms with Crippen molar-refractivity contribution < 1.29 is 9.84 Å². The second-order valence-electron chi connectivity index (χ2n) is 3.28. The molecule has 1 aromatic rings. The van der Waals surface area contributed by atoms with Crippen LogP contribution in [0.15, 0.2) is 12.5 Å². The van der Waals surface area contributed by atoms with E-state index in [1.54, 1.807) is 12.5 Å². The van der Waals surface area contributed by atoms with Gasteiger partial charge >= 0.3 is 0 Å². The Labute approximate surface area is 89.9 Å². The van der Waals surface area contributed by atoms with Gasteiger partial charge in [0.05, 0.1) is 18.2 Å². The van der Waals surface area contributed by atoms with Crippen LogP contribution in [-0.2, 0) is 11.3 Å². The van der Waals surface area contributed by atoms with Crippen LogP contribution in [0.3, 0.4) is 0 Å². The first kappa shape index (κ1) is 12.2. The lowest BCUT2D eigenvalue weighted by Gasteiger charge is -2.17.